The first-order chi connectivity index (χ1) is 12.1. The van der Waals surface area contributed by atoms with E-state index in [1.807, 2.05) is 0 Å². The van der Waals surface area contributed by atoms with Gasteiger partial charge in [-0.05, 0) is 24.0 Å². The fourth-order valence-corrected chi connectivity index (χ4v) is 2.90. The molecule has 0 saturated carbocycles. The van der Waals surface area contributed by atoms with Gasteiger partial charge in [0.25, 0.3) is 5.56 Å². The predicted octanol–water partition coefficient (Wildman–Crippen LogP) is 1.57. The van der Waals surface area contributed by atoms with Crippen LogP contribution >= 0.6 is 10.7 Å². The van der Waals surface area contributed by atoms with Gasteiger partial charge in [0.1, 0.15) is 0 Å². The number of aliphatic hydroxyl groups excluding tert-OH is 1. The van der Waals surface area contributed by atoms with Crippen molar-refractivity contribution in [3.63, 3.8) is 0 Å². The normalized spacial score (nSPS) is 14.4. The summed E-state index contributed by atoms with van der Waals surface area (Å²) in [7, 11) is 0.585. The second kappa shape index (κ2) is 7.64. The van der Waals surface area contributed by atoms with Crippen molar-refractivity contribution in [1.29, 1.82) is 0 Å². The standard InChI is InChI=1S/C15H18F3N3O4S/c1-25-5-4-12(22)8-6-9-11(7-10(8)15(16,17)18)19-14(24)21(13(9)23)20-26(2)3/h6-7,12,20,22H,2,4-5H2,1,3H3,(H,19,24). The number of H-pyrrole nitrogens is 1. The van der Waals surface area contributed by atoms with Gasteiger partial charge in [-0.3, -0.25) is 9.63 Å². The zero-order valence-electron chi connectivity index (χ0n) is 14.0. The highest BCUT2D eigenvalue weighted by Gasteiger charge is 2.36. The van der Waals surface area contributed by atoms with Crippen LogP contribution in [0.1, 0.15) is 23.7 Å². The van der Waals surface area contributed by atoms with Gasteiger partial charge in [-0.15, -0.1) is 0 Å². The van der Waals surface area contributed by atoms with E-state index in [9.17, 15) is 27.9 Å². The Morgan fingerprint density at radius 1 is 1.42 bits per heavy atom. The molecule has 0 bridgehead atoms. The van der Waals surface area contributed by atoms with Crippen molar-refractivity contribution in [3.05, 3.63) is 44.1 Å². The number of fused-ring (bicyclic) bond motifs is 1. The molecule has 0 aliphatic rings. The zero-order valence-corrected chi connectivity index (χ0v) is 14.8. The van der Waals surface area contributed by atoms with Gasteiger partial charge in [0.2, 0.25) is 0 Å². The molecule has 2 rings (SSSR count). The molecule has 1 heterocycles. The van der Waals surface area contributed by atoms with Gasteiger partial charge in [0.05, 0.1) is 22.6 Å². The van der Waals surface area contributed by atoms with Crippen LogP contribution in [0, 0.1) is 0 Å². The first-order valence-corrected chi connectivity index (χ1v) is 9.16. The SMILES string of the molecule is C=S(C)Nn1c(=O)[nH]c2cc(C(F)(F)F)c(C(O)CCOC)cc2c1=O. The molecule has 11 heteroatoms. The Morgan fingerprint density at radius 2 is 2.08 bits per heavy atom. The summed E-state index contributed by atoms with van der Waals surface area (Å²) in [5.74, 6) is 3.62. The molecule has 144 valence electrons. The Kier molecular flexibility index (Phi) is 5.94. The van der Waals surface area contributed by atoms with Gasteiger partial charge in [-0.2, -0.15) is 17.8 Å². The van der Waals surface area contributed by atoms with Crippen molar-refractivity contribution in [2.75, 3.05) is 24.8 Å². The number of nitrogens with one attached hydrogen (secondary N) is 2. The van der Waals surface area contributed by atoms with Crippen molar-refractivity contribution in [2.24, 2.45) is 0 Å². The van der Waals surface area contributed by atoms with Crippen LogP contribution in [-0.2, 0) is 10.9 Å². The minimum Gasteiger partial charge on any atom is -0.388 e. The van der Waals surface area contributed by atoms with E-state index < -0.39 is 45.3 Å². The van der Waals surface area contributed by atoms with Crippen LogP contribution in [0.4, 0.5) is 13.2 Å². The van der Waals surface area contributed by atoms with E-state index >= 15 is 0 Å². The number of aliphatic hydroxyl groups is 1. The molecular weight excluding hydrogens is 375 g/mol. The number of alkyl halides is 3. The van der Waals surface area contributed by atoms with Crippen molar-refractivity contribution in [3.8, 4) is 0 Å². The molecule has 0 aliphatic carbocycles. The van der Waals surface area contributed by atoms with Crippen molar-refractivity contribution < 1.29 is 23.0 Å². The Bertz CT molecular complexity index is 952. The molecule has 2 aromatic rings. The quantitative estimate of drug-likeness (QED) is 0.648. The minimum absolute atomic E-state index is 0.0358. The van der Waals surface area contributed by atoms with Gasteiger partial charge in [-0.1, -0.05) is 16.5 Å². The number of ether oxygens (including phenoxy) is 1. The second-order valence-electron chi connectivity index (χ2n) is 5.58. The van der Waals surface area contributed by atoms with Crippen molar-refractivity contribution in [2.45, 2.75) is 18.7 Å². The summed E-state index contributed by atoms with van der Waals surface area (Å²) < 4.78 is 45.6. The highest BCUT2D eigenvalue weighted by Crippen LogP contribution is 2.37. The zero-order chi connectivity index (χ0) is 19.6. The third-order valence-electron chi connectivity index (χ3n) is 3.57. The molecule has 0 fully saturated rings. The highest BCUT2D eigenvalue weighted by molar-refractivity contribution is 8.14. The van der Waals surface area contributed by atoms with Crippen LogP contribution < -0.4 is 16.1 Å². The van der Waals surface area contributed by atoms with Gasteiger partial charge in [0, 0.05) is 20.1 Å². The molecule has 1 aromatic heterocycles. The summed E-state index contributed by atoms with van der Waals surface area (Å²) in [5, 5.41) is 9.97. The molecule has 3 N–H and O–H groups in total. The van der Waals surface area contributed by atoms with E-state index in [0.717, 1.165) is 6.07 Å². The highest BCUT2D eigenvalue weighted by atomic mass is 32.2. The number of nitrogens with zero attached hydrogens (tertiary/aromatic N) is 1. The Labute approximate surface area is 148 Å². The summed E-state index contributed by atoms with van der Waals surface area (Å²) in [6, 6.07) is 1.61. The summed E-state index contributed by atoms with van der Waals surface area (Å²) in [5.41, 5.74) is -3.59. The molecule has 0 spiro atoms. The number of hydrogen-bond donors (Lipinski definition) is 3. The number of halogens is 3. The molecule has 0 radical (unpaired) electrons. The summed E-state index contributed by atoms with van der Waals surface area (Å²) in [6.45, 7) is 0.0358. The maximum Gasteiger partial charge on any atom is 0.416 e. The largest absolute Gasteiger partial charge is 0.416 e. The lowest BCUT2D eigenvalue weighted by molar-refractivity contribution is -0.139. The third kappa shape index (κ3) is 4.17. The van der Waals surface area contributed by atoms with Crippen LogP contribution in [-0.4, -0.2) is 40.6 Å². The maximum absolute atomic E-state index is 13.4. The smallest absolute Gasteiger partial charge is 0.388 e. The van der Waals surface area contributed by atoms with Gasteiger partial charge < -0.3 is 14.8 Å². The average Bonchev–Trinajstić information content (AvgIpc) is 2.54. The van der Waals surface area contributed by atoms with Crippen molar-refractivity contribution in [1.82, 2.24) is 9.66 Å². The summed E-state index contributed by atoms with van der Waals surface area (Å²) in [4.78, 5) is 29.3. The Hall–Kier alpha value is -2.11. The first kappa shape index (κ1) is 20.2. The Morgan fingerprint density at radius 3 is 2.62 bits per heavy atom. The fraction of sp³-hybridized carbons (Fsp3) is 0.400. The molecule has 26 heavy (non-hydrogen) atoms. The molecule has 1 aromatic carbocycles. The fourth-order valence-electron chi connectivity index (χ4n) is 2.43. The van der Waals surface area contributed by atoms with E-state index in [-0.39, 0.29) is 23.9 Å². The lowest BCUT2D eigenvalue weighted by atomic mass is 9.97. The topological polar surface area (TPSA) is 96.3 Å². The van der Waals surface area contributed by atoms with Crippen LogP contribution in [0.3, 0.4) is 0 Å². The van der Waals surface area contributed by atoms with E-state index in [4.69, 9.17) is 4.74 Å². The van der Waals surface area contributed by atoms with Crippen LogP contribution in [0.25, 0.3) is 10.9 Å². The molecule has 0 saturated heterocycles. The minimum atomic E-state index is -4.77. The van der Waals surface area contributed by atoms with Gasteiger partial charge in [-0.25, -0.2) is 4.79 Å². The number of methoxy groups -OCH3 is 1. The molecule has 7 nitrogen and oxygen atoms in total. The molecule has 0 amide bonds. The maximum atomic E-state index is 13.4. The van der Waals surface area contributed by atoms with Crippen molar-refractivity contribution >= 4 is 27.4 Å². The number of rotatable bonds is 6. The second-order valence-corrected chi connectivity index (χ2v) is 7.04. The van der Waals surface area contributed by atoms with E-state index in [0.29, 0.717) is 10.7 Å². The van der Waals surface area contributed by atoms with E-state index in [1.165, 1.54) is 7.11 Å². The Balaban J connectivity index is 2.78. The third-order valence-corrected chi connectivity index (χ3v) is 4.07. The number of benzene rings is 1. The average molecular weight is 393 g/mol. The number of aromatic amines is 1. The summed E-state index contributed by atoms with van der Waals surface area (Å²) in [6.07, 6.45) is -4.73. The van der Waals surface area contributed by atoms with E-state index in [1.54, 1.807) is 6.26 Å². The predicted molar refractivity (Wildman–Crippen MR) is 95.3 cm³/mol. The molecule has 2 unspecified atom stereocenters. The van der Waals surface area contributed by atoms with E-state index in [2.05, 4.69) is 15.7 Å². The monoisotopic (exact) mass is 393 g/mol. The van der Waals surface area contributed by atoms with Gasteiger partial charge in [0.15, 0.2) is 0 Å². The molecular formula is C15H18F3N3O4S. The lowest BCUT2D eigenvalue weighted by Crippen LogP contribution is -2.39. The first-order valence-electron chi connectivity index (χ1n) is 7.35. The van der Waals surface area contributed by atoms with Crippen LogP contribution in [0.2, 0.25) is 0 Å². The lowest BCUT2D eigenvalue weighted by Gasteiger charge is -2.19. The molecule has 2 atom stereocenters. The molecule has 0 aliphatic heterocycles. The van der Waals surface area contributed by atoms with Gasteiger partial charge >= 0.3 is 11.9 Å². The number of hydrogen-bond acceptors (Lipinski definition) is 5. The number of aromatic nitrogens is 2. The van der Waals surface area contributed by atoms with Crippen LogP contribution in [0.5, 0.6) is 0 Å². The van der Waals surface area contributed by atoms with Crippen LogP contribution in [0.15, 0.2) is 21.7 Å². The summed E-state index contributed by atoms with van der Waals surface area (Å²) >= 11 is 0.